The fraction of sp³-hybridized carbons (Fsp3) is 0.556. The molecular formula is C9H16N2O3S. The molecule has 0 bridgehead atoms. The maximum Gasteiger partial charge on any atom is 0.321 e. The zero-order chi connectivity index (χ0) is 11.8. The van der Waals surface area contributed by atoms with E-state index in [4.69, 9.17) is 10.8 Å². The number of aliphatic carboxylic acids is 1. The van der Waals surface area contributed by atoms with E-state index in [0.29, 0.717) is 6.42 Å². The number of hydrogen-bond donors (Lipinski definition) is 3. The van der Waals surface area contributed by atoms with Crippen LogP contribution in [0, 0.1) is 0 Å². The summed E-state index contributed by atoms with van der Waals surface area (Å²) in [6.45, 7) is 4.36. The maximum atomic E-state index is 10.7. The quantitative estimate of drug-likeness (QED) is 0.602. The lowest BCUT2D eigenvalue weighted by Gasteiger charge is -2.05. The van der Waals surface area contributed by atoms with E-state index in [0.717, 1.165) is 13.0 Å². The smallest absolute Gasteiger partial charge is 0.321 e. The van der Waals surface area contributed by atoms with Crippen molar-refractivity contribution < 1.29 is 14.7 Å². The number of carboxylic acid groups (broad SMARTS) is 1. The number of carbonyl (C=O) groups is 2. The van der Waals surface area contributed by atoms with E-state index < -0.39 is 12.0 Å². The van der Waals surface area contributed by atoms with Crippen LogP contribution < -0.4 is 5.73 Å². The molecule has 86 valence electrons. The molecule has 5 nitrogen and oxygen atoms in total. The molecule has 0 aromatic carbocycles. The average Bonchev–Trinajstić information content (AvgIpc) is 2.63. The lowest BCUT2D eigenvalue weighted by Crippen LogP contribution is -2.31. The van der Waals surface area contributed by atoms with Gasteiger partial charge in [-0.3, -0.25) is 9.59 Å². The molecule has 1 amide bonds. The van der Waals surface area contributed by atoms with E-state index >= 15 is 0 Å². The van der Waals surface area contributed by atoms with Gasteiger partial charge in [-0.05, 0) is 12.6 Å². The first kappa shape index (κ1) is 14.0. The van der Waals surface area contributed by atoms with Crippen molar-refractivity contribution in [3.05, 3.63) is 12.8 Å². The molecule has 1 unspecified atom stereocenters. The van der Waals surface area contributed by atoms with Crippen molar-refractivity contribution in [2.75, 3.05) is 12.3 Å². The molecule has 1 aliphatic heterocycles. The number of thiol groups is 1. The van der Waals surface area contributed by atoms with Crippen LogP contribution in [0.5, 0.6) is 0 Å². The van der Waals surface area contributed by atoms with Crippen LogP contribution in [0.4, 0.5) is 0 Å². The maximum absolute atomic E-state index is 10.7. The fourth-order valence-electron chi connectivity index (χ4n) is 0.940. The molecule has 1 fully saturated rings. The topological polar surface area (TPSA) is 83.6 Å². The Kier molecular flexibility index (Phi) is 6.81. The molecule has 1 aliphatic rings. The van der Waals surface area contributed by atoms with Crippen molar-refractivity contribution in [3.8, 4) is 0 Å². The van der Waals surface area contributed by atoms with Crippen LogP contribution in [0.25, 0.3) is 0 Å². The summed E-state index contributed by atoms with van der Waals surface area (Å²) >= 11 is 3.65. The van der Waals surface area contributed by atoms with Crippen molar-refractivity contribution in [1.29, 1.82) is 0 Å². The highest BCUT2D eigenvalue weighted by molar-refractivity contribution is 7.80. The molecule has 0 radical (unpaired) electrons. The van der Waals surface area contributed by atoms with Gasteiger partial charge in [-0.25, -0.2) is 0 Å². The predicted molar refractivity (Wildman–Crippen MR) is 60.6 cm³/mol. The van der Waals surface area contributed by atoms with E-state index in [2.05, 4.69) is 19.2 Å². The van der Waals surface area contributed by atoms with Crippen LogP contribution in [0.15, 0.2) is 12.8 Å². The highest BCUT2D eigenvalue weighted by Crippen LogP contribution is 2.08. The van der Waals surface area contributed by atoms with Gasteiger partial charge in [-0.2, -0.15) is 12.6 Å². The molecule has 15 heavy (non-hydrogen) atoms. The van der Waals surface area contributed by atoms with Gasteiger partial charge in [0.05, 0.1) is 0 Å². The van der Waals surface area contributed by atoms with E-state index in [1.807, 2.05) is 0 Å². The van der Waals surface area contributed by atoms with Gasteiger partial charge >= 0.3 is 5.97 Å². The first-order valence-electron chi connectivity index (χ1n) is 4.54. The first-order chi connectivity index (χ1) is 7.02. The average molecular weight is 232 g/mol. The zero-order valence-electron chi connectivity index (χ0n) is 8.43. The van der Waals surface area contributed by atoms with Crippen LogP contribution in [0.1, 0.15) is 12.8 Å². The van der Waals surface area contributed by atoms with Crippen molar-refractivity contribution in [2.24, 2.45) is 5.73 Å². The first-order valence-corrected chi connectivity index (χ1v) is 5.17. The number of hydrogen-bond acceptors (Lipinski definition) is 4. The van der Waals surface area contributed by atoms with Gasteiger partial charge in [-0.15, -0.1) is 0 Å². The highest BCUT2D eigenvalue weighted by atomic mass is 32.1. The van der Waals surface area contributed by atoms with Crippen LogP contribution >= 0.6 is 12.6 Å². The number of rotatable bonds is 3. The van der Waals surface area contributed by atoms with Crippen LogP contribution in [-0.4, -0.2) is 40.2 Å². The Morgan fingerprint density at radius 1 is 1.80 bits per heavy atom. The summed E-state index contributed by atoms with van der Waals surface area (Å²) in [5, 5.41) is 8.01. The van der Waals surface area contributed by atoms with Gasteiger partial charge in [0, 0.05) is 18.7 Å². The third-order valence-corrected chi connectivity index (χ3v) is 2.24. The highest BCUT2D eigenvalue weighted by Gasteiger charge is 2.15. The number of nitrogens with two attached hydrogens (primary N) is 1. The number of nitrogens with zero attached hydrogens (tertiary/aromatic N) is 1. The Morgan fingerprint density at radius 3 is 2.53 bits per heavy atom. The molecule has 0 aromatic rings. The van der Waals surface area contributed by atoms with Crippen LogP contribution in [0.2, 0.25) is 0 Å². The second kappa shape index (κ2) is 7.30. The van der Waals surface area contributed by atoms with Crippen LogP contribution in [-0.2, 0) is 9.59 Å². The molecule has 1 rings (SSSR count). The van der Waals surface area contributed by atoms with E-state index in [9.17, 15) is 9.59 Å². The fourth-order valence-corrected chi connectivity index (χ4v) is 1.10. The Bertz CT molecular complexity index is 246. The molecule has 1 saturated heterocycles. The van der Waals surface area contributed by atoms with Gasteiger partial charge in [0.15, 0.2) is 0 Å². The molecule has 3 N–H and O–H groups in total. The Labute approximate surface area is 94.3 Å². The van der Waals surface area contributed by atoms with Gasteiger partial charge in [0.2, 0.25) is 5.91 Å². The molecule has 0 saturated carbocycles. The molecule has 6 heteroatoms. The Balaban J connectivity index is 0.000000265. The molecule has 0 aliphatic carbocycles. The summed E-state index contributed by atoms with van der Waals surface area (Å²) in [5.74, 6) is -0.606. The predicted octanol–water partition coefficient (Wildman–Crippen LogP) is 0.0804. The second-order valence-electron chi connectivity index (χ2n) is 3.00. The Morgan fingerprint density at radius 2 is 2.40 bits per heavy atom. The summed E-state index contributed by atoms with van der Waals surface area (Å²) in [4.78, 5) is 22.1. The summed E-state index contributed by atoms with van der Waals surface area (Å²) in [7, 11) is 0. The lowest BCUT2D eigenvalue weighted by molar-refractivity contribution is -0.137. The zero-order valence-corrected chi connectivity index (χ0v) is 9.32. The van der Waals surface area contributed by atoms with Crippen molar-refractivity contribution in [1.82, 2.24) is 4.90 Å². The monoisotopic (exact) mass is 232 g/mol. The summed E-state index contributed by atoms with van der Waals surface area (Å²) in [6.07, 6.45) is 3.28. The minimum atomic E-state index is -1.00. The number of likely N-dealkylation sites (tertiary alicyclic amines) is 1. The summed E-state index contributed by atoms with van der Waals surface area (Å²) < 4.78 is 0. The third kappa shape index (κ3) is 5.44. The molecule has 0 aromatic heterocycles. The normalized spacial score (nSPS) is 16.7. The van der Waals surface area contributed by atoms with Crippen LogP contribution in [0.3, 0.4) is 0 Å². The number of carbonyl (C=O) groups excluding carboxylic acids is 1. The molecular weight excluding hydrogens is 216 g/mol. The lowest BCUT2D eigenvalue weighted by atomic mass is 10.4. The van der Waals surface area contributed by atoms with Crippen molar-refractivity contribution >= 4 is 24.5 Å². The summed E-state index contributed by atoms with van der Waals surface area (Å²) in [6, 6.07) is -0.816. The minimum Gasteiger partial charge on any atom is -0.480 e. The van der Waals surface area contributed by atoms with E-state index in [1.165, 1.54) is 0 Å². The SMILES string of the molecule is C=CN1CCCC1=O.NC(CS)C(=O)O. The standard InChI is InChI=1S/C6H9NO.C3H7NO2S/c1-2-7-5-3-4-6(7)8;4-2(1-7)3(5)6/h2H,1,3-5H2;2,7H,1,4H2,(H,5,6). The van der Waals surface area contributed by atoms with Gasteiger partial charge in [0.25, 0.3) is 0 Å². The largest absolute Gasteiger partial charge is 0.480 e. The summed E-state index contributed by atoms with van der Waals surface area (Å²) in [5.41, 5.74) is 4.94. The van der Waals surface area contributed by atoms with Gasteiger partial charge < -0.3 is 15.7 Å². The minimum absolute atomic E-state index is 0.190. The van der Waals surface area contributed by atoms with Gasteiger partial charge in [-0.1, -0.05) is 6.58 Å². The van der Waals surface area contributed by atoms with E-state index in [-0.39, 0.29) is 11.7 Å². The van der Waals surface area contributed by atoms with Crippen molar-refractivity contribution in [3.63, 3.8) is 0 Å². The number of amides is 1. The Hall–Kier alpha value is -1.01. The molecule has 1 atom stereocenters. The molecule has 0 spiro atoms. The third-order valence-electron chi connectivity index (χ3n) is 1.84. The van der Waals surface area contributed by atoms with E-state index in [1.54, 1.807) is 11.1 Å². The van der Waals surface area contributed by atoms with Gasteiger partial charge in [0.1, 0.15) is 6.04 Å². The second-order valence-corrected chi connectivity index (χ2v) is 3.37. The molecule has 1 heterocycles. The number of carboxylic acids is 1. The van der Waals surface area contributed by atoms with Crippen molar-refractivity contribution in [2.45, 2.75) is 18.9 Å².